The smallest absolute Gasteiger partial charge is 0.0970 e. The van der Waals surface area contributed by atoms with Gasteiger partial charge in [-0.2, -0.15) is 0 Å². The van der Waals surface area contributed by atoms with E-state index in [0.717, 1.165) is 23.0 Å². The molecule has 0 N–H and O–H groups in total. The van der Waals surface area contributed by atoms with E-state index in [1.807, 2.05) is 24.7 Å². The number of anilines is 2. The zero-order valence-electron chi connectivity index (χ0n) is 11.3. The maximum Gasteiger partial charge on any atom is 0.0970 e. The summed E-state index contributed by atoms with van der Waals surface area (Å²) in [7, 11) is 0. The van der Waals surface area contributed by atoms with Gasteiger partial charge in [0, 0.05) is 29.5 Å². The van der Waals surface area contributed by atoms with E-state index in [0.29, 0.717) is 6.04 Å². The molecule has 20 heavy (non-hydrogen) atoms. The molecule has 1 aromatic carbocycles. The van der Waals surface area contributed by atoms with Crippen LogP contribution in [0, 0.1) is 0 Å². The van der Waals surface area contributed by atoms with Crippen molar-refractivity contribution >= 4 is 22.3 Å². The molecule has 4 rings (SSSR count). The molecule has 1 unspecified atom stereocenters. The Morgan fingerprint density at radius 3 is 2.90 bits per heavy atom. The highest BCUT2D eigenvalue weighted by molar-refractivity contribution is 5.92. The van der Waals surface area contributed by atoms with Crippen molar-refractivity contribution < 1.29 is 0 Å². The van der Waals surface area contributed by atoms with Gasteiger partial charge in [0.05, 0.1) is 17.4 Å². The lowest BCUT2D eigenvalue weighted by Crippen LogP contribution is -2.24. The Bertz CT molecular complexity index is 777. The number of pyridine rings is 2. The molecule has 0 saturated carbocycles. The third-order valence-corrected chi connectivity index (χ3v) is 3.96. The van der Waals surface area contributed by atoms with Crippen molar-refractivity contribution in [2.24, 2.45) is 0 Å². The monoisotopic (exact) mass is 261 g/mol. The highest BCUT2D eigenvalue weighted by Crippen LogP contribution is 2.39. The van der Waals surface area contributed by atoms with Crippen molar-refractivity contribution in [2.75, 3.05) is 4.90 Å². The molecule has 3 aromatic rings. The number of nitrogens with zero attached hydrogens (tertiary/aromatic N) is 3. The van der Waals surface area contributed by atoms with Crippen LogP contribution in [-0.2, 0) is 6.42 Å². The average molecular weight is 261 g/mol. The second kappa shape index (κ2) is 4.30. The topological polar surface area (TPSA) is 29.0 Å². The second-order valence-corrected chi connectivity index (χ2v) is 5.29. The van der Waals surface area contributed by atoms with Crippen molar-refractivity contribution in [3.63, 3.8) is 0 Å². The Morgan fingerprint density at radius 2 is 1.95 bits per heavy atom. The quantitative estimate of drug-likeness (QED) is 0.668. The predicted molar refractivity (Wildman–Crippen MR) is 81.3 cm³/mol. The number of benzene rings is 1. The SMILES string of the molecule is CC1Cc2ccccc2N1c1cncc2cccnc12. The van der Waals surface area contributed by atoms with E-state index in [4.69, 9.17) is 0 Å². The van der Waals surface area contributed by atoms with E-state index >= 15 is 0 Å². The summed E-state index contributed by atoms with van der Waals surface area (Å²) in [5.74, 6) is 0. The summed E-state index contributed by atoms with van der Waals surface area (Å²) in [6.45, 7) is 2.25. The van der Waals surface area contributed by atoms with Crippen molar-refractivity contribution in [1.82, 2.24) is 9.97 Å². The maximum absolute atomic E-state index is 4.55. The molecule has 0 spiro atoms. The molecule has 0 amide bonds. The molecular formula is C17H15N3. The number of para-hydroxylation sites is 1. The van der Waals surface area contributed by atoms with Gasteiger partial charge in [-0.25, -0.2) is 0 Å². The molecule has 98 valence electrons. The zero-order chi connectivity index (χ0) is 13.5. The van der Waals surface area contributed by atoms with Crippen LogP contribution in [0.5, 0.6) is 0 Å². The van der Waals surface area contributed by atoms with Gasteiger partial charge in [-0.05, 0) is 37.1 Å². The number of aromatic nitrogens is 2. The molecule has 1 aliphatic heterocycles. The highest BCUT2D eigenvalue weighted by atomic mass is 15.2. The number of rotatable bonds is 1. The third-order valence-electron chi connectivity index (χ3n) is 3.96. The molecule has 0 bridgehead atoms. The molecule has 3 nitrogen and oxygen atoms in total. The van der Waals surface area contributed by atoms with E-state index in [9.17, 15) is 0 Å². The standard InChI is InChI=1S/C17H15N3/c1-12-9-13-5-2-3-7-15(13)20(12)16-11-18-10-14-6-4-8-19-17(14)16/h2-8,10-12H,9H2,1H3. The summed E-state index contributed by atoms with van der Waals surface area (Å²) in [6, 6.07) is 13.0. The van der Waals surface area contributed by atoms with Crippen LogP contribution in [0.4, 0.5) is 11.4 Å². The van der Waals surface area contributed by atoms with Crippen LogP contribution in [0.25, 0.3) is 10.9 Å². The molecule has 2 aromatic heterocycles. The number of fused-ring (bicyclic) bond motifs is 2. The van der Waals surface area contributed by atoms with Crippen molar-refractivity contribution in [2.45, 2.75) is 19.4 Å². The lowest BCUT2D eigenvalue weighted by Gasteiger charge is -2.25. The van der Waals surface area contributed by atoms with Crippen LogP contribution in [-0.4, -0.2) is 16.0 Å². The largest absolute Gasteiger partial charge is 0.335 e. The molecule has 3 heteroatoms. The average Bonchev–Trinajstić information content (AvgIpc) is 2.82. The lowest BCUT2D eigenvalue weighted by molar-refractivity contribution is 0.759. The summed E-state index contributed by atoms with van der Waals surface area (Å²) < 4.78 is 0. The predicted octanol–water partition coefficient (Wildman–Crippen LogP) is 3.71. The Balaban J connectivity index is 1.96. The molecular weight excluding hydrogens is 246 g/mol. The van der Waals surface area contributed by atoms with Gasteiger partial charge >= 0.3 is 0 Å². The Kier molecular flexibility index (Phi) is 2.46. The van der Waals surface area contributed by atoms with E-state index in [1.54, 1.807) is 0 Å². The van der Waals surface area contributed by atoms with E-state index in [1.165, 1.54) is 11.3 Å². The summed E-state index contributed by atoms with van der Waals surface area (Å²) >= 11 is 0. The minimum Gasteiger partial charge on any atom is -0.335 e. The molecule has 3 heterocycles. The zero-order valence-corrected chi connectivity index (χ0v) is 11.3. The lowest BCUT2D eigenvalue weighted by atomic mass is 10.1. The van der Waals surface area contributed by atoms with Crippen molar-refractivity contribution in [1.29, 1.82) is 0 Å². The summed E-state index contributed by atoms with van der Waals surface area (Å²) in [5.41, 5.74) is 4.79. The van der Waals surface area contributed by atoms with Crippen LogP contribution >= 0.6 is 0 Å². The van der Waals surface area contributed by atoms with Gasteiger partial charge in [0.2, 0.25) is 0 Å². The van der Waals surface area contributed by atoms with Crippen LogP contribution in [0.1, 0.15) is 12.5 Å². The molecule has 0 saturated heterocycles. The van der Waals surface area contributed by atoms with Gasteiger partial charge in [0.1, 0.15) is 0 Å². The minimum atomic E-state index is 0.432. The molecule has 0 fully saturated rings. The first-order valence-electron chi connectivity index (χ1n) is 6.90. The first-order chi connectivity index (χ1) is 9.84. The van der Waals surface area contributed by atoms with E-state index < -0.39 is 0 Å². The Hall–Kier alpha value is -2.42. The first kappa shape index (κ1) is 11.4. The van der Waals surface area contributed by atoms with Crippen molar-refractivity contribution in [3.8, 4) is 0 Å². The molecule has 0 aliphatic carbocycles. The molecule has 0 radical (unpaired) electrons. The highest BCUT2D eigenvalue weighted by Gasteiger charge is 2.28. The Morgan fingerprint density at radius 1 is 1.05 bits per heavy atom. The van der Waals surface area contributed by atoms with Gasteiger partial charge in [-0.1, -0.05) is 18.2 Å². The fraction of sp³-hybridized carbons (Fsp3) is 0.176. The van der Waals surface area contributed by atoms with E-state index in [2.05, 4.69) is 52.1 Å². The Labute approximate surface area is 117 Å². The molecule has 1 atom stereocenters. The first-order valence-corrected chi connectivity index (χ1v) is 6.90. The summed E-state index contributed by atoms with van der Waals surface area (Å²) in [6.07, 6.45) is 6.71. The van der Waals surface area contributed by atoms with Gasteiger partial charge in [-0.3, -0.25) is 9.97 Å². The summed E-state index contributed by atoms with van der Waals surface area (Å²) in [4.78, 5) is 11.3. The van der Waals surface area contributed by atoms with Gasteiger partial charge in [0.25, 0.3) is 0 Å². The number of hydrogen-bond donors (Lipinski definition) is 0. The van der Waals surface area contributed by atoms with Crippen LogP contribution in [0.3, 0.4) is 0 Å². The third kappa shape index (κ3) is 1.59. The maximum atomic E-state index is 4.55. The second-order valence-electron chi connectivity index (χ2n) is 5.29. The summed E-state index contributed by atoms with van der Waals surface area (Å²) in [5, 5.41) is 1.08. The van der Waals surface area contributed by atoms with Crippen molar-refractivity contribution in [3.05, 3.63) is 60.6 Å². The van der Waals surface area contributed by atoms with Crippen LogP contribution in [0.15, 0.2) is 55.0 Å². The normalized spacial score (nSPS) is 17.4. The minimum absolute atomic E-state index is 0.432. The van der Waals surface area contributed by atoms with Gasteiger partial charge in [-0.15, -0.1) is 0 Å². The molecule has 1 aliphatic rings. The fourth-order valence-electron chi connectivity index (χ4n) is 3.09. The van der Waals surface area contributed by atoms with Crippen LogP contribution in [0.2, 0.25) is 0 Å². The number of hydrogen-bond acceptors (Lipinski definition) is 3. The van der Waals surface area contributed by atoms with E-state index in [-0.39, 0.29) is 0 Å². The van der Waals surface area contributed by atoms with Gasteiger partial charge < -0.3 is 4.90 Å². The van der Waals surface area contributed by atoms with Crippen LogP contribution < -0.4 is 4.90 Å². The van der Waals surface area contributed by atoms with Gasteiger partial charge in [0.15, 0.2) is 0 Å². The fourth-order valence-corrected chi connectivity index (χ4v) is 3.09.